The van der Waals surface area contributed by atoms with Crippen molar-refractivity contribution in [1.29, 1.82) is 0 Å². The molecule has 4 rings (SSSR count). The maximum Gasteiger partial charge on any atom is 0.240 e. The fourth-order valence-electron chi connectivity index (χ4n) is 5.69. The summed E-state index contributed by atoms with van der Waals surface area (Å²) in [6, 6.07) is 8.59. The van der Waals surface area contributed by atoms with E-state index >= 15 is 4.39 Å². The van der Waals surface area contributed by atoms with E-state index in [-0.39, 0.29) is 11.7 Å². The molecule has 2 aromatic rings. The Bertz CT molecular complexity index is 1090. The molecule has 2 aliphatic heterocycles. The number of likely N-dealkylation sites (tertiary alicyclic amines) is 2. The van der Waals surface area contributed by atoms with E-state index < -0.39 is 11.7 Å². The van der Waals surface area contributed by atoms with Gasteiger partial charge in [0.25, 0.3) is 0 Å². The molecule has 1 atom stereocenters. The van der Waals surface area contributed by atoms with Gasteiger partial charge in [0, 0.05) is 47.4 Å². The Morgan fingerprint density at radius 1 is 1.14 bits per heavy atom. The van der Waals surface area contributed by atoms with E-state index in [1.165, 1.54) is 6.07 Å². The molecule has 2 fully saturated rings. The van der Waals surface area contributed by atoms with Gasteiger partial charge in [-0.2, -0.15) is 0 Å². The number of nitrogens with two attached hydrogens (primary N) is 1. The van der Waals surface area contributed by atoms with Crippen LogP contribution in [0, 0.1) is 11.7 Å². The van der Waals surface area contributed by atoms with Crippen LogP contribution < -0.4 is 5.73 Å². The molecular formula is C30H40F2N4O. The number of hydrogen-bond acceptors (Lipinski definition) is 4. The number of primary amides is 1. The summed E-state index contributed by atoms with van der Waals surface area (Å²) in [7, 11) is 0. The minimum absolute atomic E-state index is 0.343. The van der Waals surface area contributed by atoms with Crippen LogP contribution in [0.15, 0.2) is 43.1 Å². The Hall–Kier alpha value is -2.80. The lowest BCUT2D eigenvalue weighted by atomic mass is 9.91. The molecule has 3 heterocycles. The fourth-order valence-corrected chi connectivity index (χ4v) is 5.69. The van der Waals surface area contributed by atoms with Crippen molar-refractivity contribution in [2.24, 2.45) is 11.7 Å². The van der Waals surface area contributed by atoms with Gasteiger partial charge in [-0.3, -0.25) is 9.78 Å². The van der Waals surface area contributed by atoms with Gasteiger partial charge < -0.3 is 15.5 Å². The van der Waals surface area contributed by atoms with Crippen LogP contribution in [0.2, 0.25) is 0 Å². The molecule has 2 saturated heterocycles. The van der Waals surface area contributed by atoms with Gasteiger partial charge in [-0.1, -0.05) is 24.8 Å². The summed E-state index contributed by atoms with van der Waals surface area (Å²) in [5, 5.41) is 0. The second-order valence-electron chi connectivity index (χ2n) is 11.3. The number of piperidine rings is 2. The molecule has 1 aromatic heterocycles. The molecule has 0 aliphatic carbocycles. The number of aryl methyl sites for hydroxylation is 1. The molecule has 0 radical (unpaired) electrons. The SMILES string of the molecule is C=C(c1ccc(-c2ccc(CCC3CCN(CC(C)(C)F)CC3)nc2)c(F)c1)N1CCCCC1C(N)=O. The second kappa shape index (κ2) is 11.7. The van der Waals surface area contributed by atoms with Gasteiger partial charge in [-0.15, -0.1) is 0 Å². The Balaban J connectivity index is 1.33. The van der Waals surface area contributed by atoms with Crippen molar-refractivity contribution < 1.29 is 13.6 Å². The topological polar surface area (TPSA) is 62.5 Å². The molecule has 2 N–H and O–H groups in total. The lowest BCUT2D eigenvalue weighted by Gasteiger charge is -2.37. The number of hydrogen-bond donors (Lipinski definition) is 1. The number of benzene rings is 1. The number of alkyl halides is 1. The first-order valence-electron chi connectivity index (χ1n) is 13.5. The molecule has 0 bridgehead atoms. The van der Waals surface area contributed by atoms with Gasteiger partial charge in [0.2, 0.25) is 5.91 Å². The Kier molecular flexibility index (Phi) is 8.63. The number of pyridine rings is 1. The first kappa shape index (κ1) is 27.2. The number of aromatic nitrogens is 1. The normalized spacial score (nSPS) is 19.7. The predicted molar refractivity (Wildman–Crippen MR) is 145 cm³/mol. The molecule has 200 valence electrons. The van der Waals surface area contributed by atoms with Crippen molar-refractivity contribution >= 4 is 11.6 Å². The maximum absolute atomic E-state index is 15.1. The first-order valence-corrected chi connectivity index (χ1v) is 13.5. The molecule has 0 spiro atoms. The highest BCUT2D eigenvalue weighted by Gasteiger charge is 2.28. The minimum atomic E-state index is -1.15. The number of nitrogens with zero attached hydrogens (tertiary/aromatic N) is 3. The number of amides is 1. The fraction of sp³-hybridized carbons (Fsp3) is 0.533. The molecule has 7 heteroatoms. The third kappa shape index (κ3) is 7.16. The van der Waals surface area contributed by atoms with Gasteiger partial charge in [0.1, 0.15) is 17.5 Å². The van der Waals surface area contributed by atoms with Crippen LogP contribution in [0.4, 0.5) is 8.78 Å². The summed E-state index contributed by atoms with van der Waals surface area (Å²) in [5.41, 5.74) is 7.95. The van der Waals surface area contributed by atoms with E-state index in [1.54, 1.807) is 26.1 Å². The largest absolute Gasteiger partial charge is 0.368 e. The first-order chi connectivity index (χ1) is 17.6. The van der Waals surface area contributed by atoms with Crippen molar-refractivity contribution in [3.63, 3.8) is 0 Å². The van der Waals surface area contributed by atoms with Crippen molar-refractivity contribution in [2.75, 3.05) is 26.2 Å². The number of halogens is 2. The molecular weight excluding hydrogens is 470 g/mol. The monoisotopic (exact) mass is 510 g/mol. The summed E-state index contributed by atoms with van der Waals surface area (Å²) in [6.45, 7) is 10.5. The predicted octanol–water partition coefficient (Wildman–Crippen LogP) is 5.59. The highest BCUT2D eigenvalue weighted by atomic mass is 19.1. The summed E-state index contributed by atoms with van der Waals surface area (Å²) in [5.74, 6) is -0.0768. The second-order valence-corrected chi connectivity index (χ2v) is 11.3. The van der Waals surface area contributed by atoms with E-state index in [0.717, 1.165) is 62.9 Å². The minimum Gasteiger partial charge on any atom is -0.368 e. The zero-order chi connectivity index (χ0) is 26.6. The van der Waals surface area contributed by atoms with Crippen molar-refractivity contribution in [1.82, 2.24) is 14.8 Å². The third-order valence-electron chi connectivity index (χ3n) is 7.73. The van der Waals surface area contributed by atoms with E-state index in [9.17, 15) is 9.18 Å². The summed E-state index contributed by atoms with van der Waals surface area (Å²) >= 11 is 0. The zero-order valence-electron chi connectivity index (χ0n) is 22.2. The van der Waals surface area contributed by atoms with Crippen molar-refractivity contribution in [3.8, 4) is 11.1 Å². The zero-order valence-corrected chi connectivity index (χ0v) is 22.2. The highest BCUT2D eigenvalue weighted by molar-refractivity contribution is 5.82. The Morgan fingerprint density at radius 3 is 2.51 bits per heavy atom. The van der Waals surface area contributed by atoms with E-state index in [4.69, 9.17) is 5.73 Å². The van der Waals surface area contributed by atoms with Crippen LogP contribution in [-0.2, 0) is 11.2 Å². The summed E-state index contributed by atoms with van der Waals surface area (Å²) < 4.78 is 29.0. The van der Waals surface area contributed by atoms with Gasteiger partial charge in [0.05, 0.1) is 0 Å². The van der Waals surface area contributed by atoms with E-state index in [0.29, 0.717) is 42.3 Å². The van der Waals surface area contributed by atoms with Gasteiger partial charge in [0.15, 0.2) is 0 Å². The molecule has 1 aromatic carbocycles. The highest BCUT2D eigenvalue weighted by Crippen LogP contribution is 2.30. The van der Waals surface area contributed by atoms with Crippen molar-refractivity contribution in [2.45, 2.75) is 70.5 Å². The number of carbonyl (C=O) groups is 1. The molecule has 1 unspecified atom stereocenters. The van der Waals surface area contributed by atoms with Gasteiger partial charge in [-0.05, 0) is 89.9 Å². The number of rotatable bonds is 9. The molecule has 2 aliphatic rings. The van der Waals surface area contributed by atoms with E-state index in [2.05, 4.69) is 16.5 Å². The van der Waals surface area contributed by atoms with Crippen LogP contribution in [0.1, 0.15) is 63.6 Å². The smallest absolute Gasteiger partial charge is 0.240 e. The standard InChI is InChI=1S/C30H40F2N4O/c1-21(36-15-5-4-6-28(36)29(33)37)23-9-12-26(27(31)18-23)24-8-11-25(34-19-24)10-7-22-13-16-35(17-14-22)20-30(2,3)32/h8-9,11-12,18-19,22,28H,1,4-7,10,13-17,20H2,2-3H3,(H2,33,37). The quantitative estimate of drug-likeness (QED) is 0.478. The average molecular weight is 511 g/mol. The Labute approximate surface area is 219 Å². The Morgan fingerprint density at radius 2 is 1.89 bits per heavy atom. The summed E-state index contributed by atoms with van der Waals surface area (Å²) in [4.78, 5) is 20.6. The van der Waals surface area contributed by atoms with Crippen LogP contribution in [0.5, 0.6) is 0 Å². The van der Waals surface area contributed by atoms with Gasteiger partial charge >= 0.3 is 0 Å². The van der Waals surface area contributed by atoms with Gasteiger partial charge in [-0.25, -0.2) is 8.78 Å². The van der Waals surface area contributed by atoms with Crippen LogP contribution in [0.25, 0.3) is 16.8 Å². The van der Waals surface area contributed by atoms with Crippen LogP contribution in [0.3, 0.4) is 0 Å². The third-order valence-corrected chi connectivity index (χ3v) is 7.73. The number of carbonyl (C=O) groups excluding carboxylic acids is 1. The van der Waals surface area contributed by atoms with Crippen LogP contribution in [-0.4, -0.2) is 58.6 Å². The maximum atomic E-state index is 15.1. The van der Waals surface area contributed by atoms with Crippen molar-refractivity contribution in [3.05, 3.63) is 60.2 Å². The molecule has 5 nitrogen and oxygen atoms in total. The van der Waals surface area contributed by atoms with E-state index in [1.807, 2.05) is 23.1 Å². The molecule has 0 saturated carbocycles. The molecule has 1 amide bonds. The lowest BCUT2D eigenvalue weighted by molar-refractivity contribution is -0.123. The average Bonchev–Trinajstić information content (AvgIpc) is 2.87. The molecule has 37 heavy (non-hydrogen) atoms. The van der Waals surface area contributed by atoms with Crippen LogP contribution >= 0.6 is 0 Å². The summed E-state index contributed by atoms with van der Waals surface area (Å²) in [6.07, 6.45) is 8.48. The lowest BCUT2D eigenvalue weighted by Crippen LogP contribution is -2.46.